The first-order chi connectivity index (χ1) is 16.3. The molecule has 0 radical (unpaired) electrons. The number of pyridine rings is 1. The lowest BCUT2D eigenvalue weighted by Gasteiger charge is -2.12. The van der Waals surface area contributed by atoms with Crippen molar-refractivity contribution in [2.45, 2.75) is 33.8 Å². The molecule has 34 heavy (non-hydrogen) atoms. The number of fused-ring (bicyclic) bond motifs is 1. The Morgan fingerprint density at radius 1 is 1.15 bits per heavy atom. The first-order valence-corrected chi connectivity index (χ1v) is 10.5. The molecular formula is C24H23F2N3O5. The molecule has 3 aromatic heterocycles. The van der Waals surface area contributed by atoms with Crippen LogP contribution in [0.5, 0.6) is 11.5 Å². The molecule has 1 N–H and O–H groups in total. The molecule has 1 amide bonds. The molecule has 0 saturated heterocycles. The first kappa shape index (κ1) is 23.2. The molecule has 0 unspecified atom stereocenters. The van der Waals surface area contributed by atoms with E-state index >= 15 is 0 Å². The summed E-state index contributed by atoms with van der Waals surface area (Å²) in [5.41, 5.74) is 3.15. The summed E-state index contributed by atoms with van der Waals surface area (Å²) in [7, 11) is 1.37. The van der Waals surface area contributed by atoms with E-state index < -0.39 is 6.61 Å². The molecule has 0 bridgehead atoms. The molecule has 0 aliphatic carbocycles. The average molecular weight is 471 g/mol. The molecule has 4 rings (SSSR count). The largest absolute Gasteiger partial charge is 0.493 e. The third-order valence-corrected chi connectivity index (χ3v) is 5.32. The minimum absolute atomic E-state index is 0.0623. The van der Waals surface area contributed by atoms with Gasteiger partial charge in [-0.25, -0.2) is 4.98 Å². The molecule has 0 aliphatic rings. The Morgan fingerprint density at radius 2 is 1.94 bits per heavy atom. The molecule has 3 heterocycles. The number of furan rings is 1. The van der Waals surface area contributed by atoms with Crippen LogP contribution in [-0.4, -0.2) is 36.3 Å². The third kappa shape index (κ3) is 4.70. The van der Waals surface area contributed by atoms with Gasteiger partial charge in [-0.05, 0) is 57.0 Å². The maximum atomic E-state index is 13.1. The van der Waals surface area contributed by atoms with Gasteiger partial charge in [0.15, 0.2) is 11.5 Å². The highest BCUT2D eigenvalue weighted by Gasteiger charge is 2.21. The predicted molar refractivity (Wildman–Crippen MR) is 119 cm³/mol. The molecule has 8 nitrogen and oxygen atoms in total. The molecule has 4 aromatic rings. The minimum atomic E-state index is -2.97. The maximum Gasteiger partial charge on any atom is 0.387 e. The standard InChI is InChI=1S/C24H23F2N3O5/c1-12-9-16(14(3)32-12)18-11-17(21-13(2)29-34-23(21)28-18)22(30)27-8-7-15-5-6-19(31-4)20(10-15)33-24(25)26/h5-6,9-11,24H,7-8H2,1-4H3,(H,27,30). The van der Waals surface area contributed by atoms with Crippen LogP contribution in [0.25, 0.3) is 22.4 Å². The van der Waals surface area contributed by atoms with Gasteiger partial charge in [0.1, 0.15) is 11.5 Å². The van der Waals surface area contributed by atoms with Gasteiger partial charge in [0.05, 0.1) is 29.4 Å². The van der Waals surface area contributed by atoms with Gasteiger partial charge in [0, 0.05) is 12.1 Å². The number of aryl methyl sites for hydroxylation is 3. The zero-order chi connectivity index (χ0) is 24.4. The Labute approximate surface area is 193 Å². The summed E-state index contributed by atoms with van der Waals surface area (Å²) < 4.78 is 45.8. The van der Waals surface area contributed by atoms with Gasteiger partial charge in [0.2, 0.25) is 0 Å². The zero-order valence-corrected chi connectivity index (χ0v) is 19.1. The highest BCUT2D eigenvalue weighted by molar-refractivity contribution is 6.07. The van der Waals surface area contributed by atoms with Gasteiger partial charge in [-0.1, -0.05) is 11.2 Å². The van der Waals surface area contributed by atoms with E-state index in [1.165, 1.54) is 13.2 Å². The maximum absolute atomic E-state index is 13.1. The van der Waals surface area contributed by atoms with E-state index in [4.69, 9.17) is 13.7 Å². The van der Waals surface area contributed by atoms with Gasteiger partial charge >= 0.3 is 6.61 Å². The number of halogens is 2. The van der Waals surface area contributed by atoms with Gasteiger partial charge in [0.25, 0.3) is 11.6 Å². The summed E-state index contributed by atoms with van der Waals surface area (Å²) in [6.45, 7) is 2.67. The van der Waals surface area contributed by atoms with Crippen molar-refractivity contribution < 1.29 is 32.0 Å². The summed E-state index contributed by atoms with van der Waals surface area (Å²) in [5.74, 6) is 1.20. The fourth-order valence-corrected chi connectivity index (χ4v) is 3.78. The Kier molecular flexibility index (Phi) is 6.49. The number of alkyl halides is 2. The molecule has 0 saturated carbocycles. The van der Waals surface area contributed by atoms with Crippen molar-refractivity contribution in [1.29, 1.82) is 0 Å². The minimum Gasteiger partial charge on any atom is -0.493 e. The van der Waals surface area contributed by atoms with E-state index in [1.807, 2.05) is 19.9 Å². The van der Waals surface area contributed by atoms with Crippen molar-refractivity contribution in [2.75, 3.05) is 13.7 Å². The number of carbonyl (C=O) groups excluding carboxylic acids is 1. The Bertz CT molecular complexity index is 1350. The summed E-state index contributed by atoms with van der Waals surface area (Å²) in [6, 6.07) is 8.26. The number of nitrogens with zero attached hydrogens (tertiary/aromatic N) is 2. The van der Waals surface area contributed by atoms with Crippen LogP contribution in [0.2, 0.25) is 0 Å². The highest BCUT2D eigenvalue weighted by atomic mass is 19.3. The molecule has 0 atom stereocenters. The van der Waals surface area contributed by atoms with Crippen molar-refractivity contribution in [2.24, 2.45) is 0 Å². The van der Waals surface area contributed by atoms with E-state index in [0.717, 1.165) is 11.3 Å². The van der Waals surface area contributed by atoms with Crippen LogP contribution in [0.1, 0.15) is 33.1 Å². The third-order valence-electron chi connectivity index (χ3n) is 5.32. The summed E-state index contributed by atoms with van der Waals surface area (Å²) in [5, 5.41) is 7.34. The van der Waals surface area contributed by atoms with E-state index in [9.17, 15) is 13.6 Å². The normalized spacial score (nSPS) is 11.3. The lowest BCUT2D eigenvalue weighted by atomic mass is 10.1. The van der Waals surface area contributed by atoms with Gasteiger partial charge in [-0.15, -0.1) is 0 Å². The number of carbonyl (C=O) groups is 1. The molecule has 0 fully saturated rings. The number of ether oxygens (including phenoxy) is 2. The van der Waals surface area contributed by atoms with Crippen molar-refractivity contribution >= 4 is 17.0 Å². The summed E-state index contributed by atoms with van der Waals surface area (Å²) in [4.78, 5) is 17.6. The van der Waals surface area contributed by atoms with Crippen LogP contribution in [0, 0.1) is 20.8 Å². The number of nitrogens with one attached hydrogen (secondary N) is 1. The van der Waals surface area contributed by atoms with Crippen molar-refractivity contribution in [3.63, 3.8) is 0 Å². The second-order valence-electron chi connectivity index (χ2n) is 7.70. The van der Waals surface area contributed by atoms with Gasteiger partial charge in [-0.2, -0.15) is 8.78 Å². The Morgan fingerprint density at radius 3 is 2.62 bits per heavy atom. The number of amides is 1. The number of benzene rings is 1. The second kappa shape index (κ2) is 9.50. The topological polar surface area (TPSA) is 99.6 Å². The van der Waals surface area contributed by atoms with E-state index in [-0.39, 0.29) is 29.7 Å². The Hall–Kier alpha value is -3.95. The highest BCUT2D eigenvalue weighted by Crippen LogP contribution is 2.31. The Balaban J connectivity index is 1.55. The molecule has 0 aliphatic heterocycles. The number of rotatable bonds is 8. The van der Waals surface area contributed by atoms with Crippen LogP contribution in [-0.2, 0) is 6.42 Å². The summed E-state index contributed by atoms with van der Waals surface area (Å²) in [6.07, 6.45) is 0.388. The predicted octanol–water partition coefficient (Wildman–Crippen LogP) is 4.99. The smallest absolute Gasteiger partial charge is 0.387 e. The quantitative estimate of drug-likeness (QED) is 0.386. The fraction of sp³-hybridized carbons (Fsp3) is 0.292. The fourth-order valence-electron chi connectivity index (χ4n) is 3.78. The lowest BCUT2D eigenvalue weighted by molar-refractivity contribution is -0.0512. The van der Waals surface area contributed by atoms with Gasteiger partial charge in [-0.3, -0.25) is 4.79 Å². The number of hydrogen-bond acceptors (Lipinski definition) is 7. The monoisotopic (exact) mass is 471 g/mol. The molecule has 1 aromatic carbocycles. The average Bonchev–Trinajstić information content (AvgIpc) is 3.33. The van der Waals surface area contributed by atoms with Crippen LogP contribution in [0.3, 0.4) is 0 Å². The zero-order valence-electron chi connectivity index (χ0n) is 19.1. The molecule has 178 valence electrons. The molecule has 10 heteroatoms. The molecule has 0 spiro atoms. The number of hydrogen-bond donors (Lipinski definition) is 1. The lowest BCUT2D eigenvalue weighted by Crippen LogP contribution is -2.26. The van der Waals surface area contributed by atoms with Crippen LogP contribution >= 0.6 is 0 Å². The van der Waals surface area contributed by atoms with E-state index in [0.29, 0.717) is 40.1 Å². The van der Waals surface area contributed by atoms with Crippen molar-refractivity contribution in [3.8, 4) is 22.8 Å². The van der Waals surface area contributed by atoms with Crippen LogP contribution in [0.4, 0.5) is 8.78 Å². The molecular weight excluding hydrogens is 448 g/mol. The van der Waals surface area contributed by atoms with E-state index in [2.05, 4.69) is 20.2 Å². The van der Waals surface area contributed by atoms with Crippen molar-refractivity contribution in [3.05, 3.63) is 58.7 Å². The van der Waals surface area contributed by atoms with Crippen LogP contribution in [0.15, 0.2) is 39.3 Å². The SMILES string of the molecule is COc1ccc(CCNC(=O)c2cc(-c3cc(C)oc3C)nc3onc(C)c23)cc1OC(F)F. The van der Waals surface area contributed by atoms with Crippen molar-refractivity contribution in [1.82, 2.24) is 15.5 Å². The van der Waals surface area contributed by atoms with Gasteiger partial charge < -0.3 is 23.7 Å². The number of aromatic nitrogens is 2. The van der Waals surface area contributed by atoms with Crippen LogP contribution < -0.4 is 14.8 Å². The first-order valence-electron chi connectivity index (χ1n) is 10.5. The summed E-state index contributed by atoms with van der Waals surface area (Å²) >= 11 is 0. The number of methoxy groups -OCH3 is 1. The second-order valence-corrected chi connectivity index (χ2v) is 7.70. The van der Waals surface area contributed by atoms with E-state index in [1.54, 1.807) is 25.1 Å².